The van der Waals surface area contributed by atoms with Gasteiger partial charge in [0, 0.05) is 12.5 Å². The molecule has 0 fully saturated rings. The van der Waals surface area contributed by atoms with E-state index in [2.05, 4.69) is 31.2 Å². The zero-order valence-corrected chi connectivity index (χ0v) is 11.3. The Labute approximate surface area is 109 Å². The minimum Gasteiger partial charge on any atom is -0.497 e. The van der Waals surface area contributed by atoms with Crippen molar-refractivity contribution in [1.82, 2.24) is 0 Å². The van der Waals surface area contributed by atoms with E-state index < -0.39 is 0 Å². The first-order valence-corrected chi connectivity index (χ1v) is 6.60. The molecule has 3 rings (SSSR count). The van der Waals surface area contributed by atoms with Gasteiger partial charge in [-0.3, -0.25) is 0 Å². The summed E-state index contributed by atoms with van der Waals surface area (Å²) >= 11 is 0. The molecule has 0 radical (unpaired) electrons. The van der Waals surface area contributed by atoms with Crippen molar-refractivity contribution in [2.24, 2.45) is 5.41 Å². The van der Waals surface area contributed by atoms with Gasteiger partial charge in [0.25, 0.3) is 0 Å². The molecule has 0 spiro atoms. The second-order valence-electron chi connectivity index (χ2n) is 5.52. The molecule has 0 heterocycles. The largest absolute Gasteiger partial charge is 0.497 e. The van der Waals surface area contributed by atoms with Crippen molar-refractivity contribution in [2.45, 2.75) is 32.3 Å². The van der Waals surface area contributed by atoms with Crippen LogP contribution >= 0.6 is 0 Å². The third-order valence-electron chi connectivity index (χ3n) is 4.66. The molecule has 0 aliphatic heterocycles. The summed E-state index contributed by atoms with van der Waals surface area (Å²) in [6, 6.07) is 6.44. The lowest BCUT2D eigenvalue weighted by molar-refractivity contribution is 0.0333. The van der Waals surface area contributed by atoms with Crippen LogP contribution in [0.15, 0.2) is 24.3 Å². The monoisotopic (exact) mass is 244 g/mol. The van der Waals surface area contributed by atoms with Gasteiger partial charge >= 0.3 is 0 Å². The molecule has 2 aliphatic rings. The van der Waals surface area contributed by atoms with Crippen LogP contribution in [0, 0.1) is 5.41 Å². The first-order chi connectivity index (χ1) is 8.69. The maximum absolute atomic E-state index is 5.67. The molecule has 0 bridgehead atoms. The number of hydrogen-bond acceptors (Lipinski definition) is 2. The second kappa shape index (κ2) is 4.13. The molecule has 2 nitrogen and oxygen atoms in total. The quantitative estimate of drug-likeness (QED) is 0.793. The molecule has 0 saturated heterocycles. The SMILES string of the molecule is COc1ccc2c(c1)CC[C@]1(C)C2=CC[C@H]1OC. The fourth-order valence-corrected chi connectivity index (χ4v) is 3.52. The van der Waals surface area contributed by atoms with E-state index in [-0.39, 0.29) is 5.41 Å². The molecule has 1 aromatic rings. The Kier molecular flexibility index (Phi) is 2.70. The Bertz CT molecular complexity index is 504. The summed E-state index contributed by atoms with van der Waals surface area (Å²) in [5.74, 6) is 0.958. The van der Waals surface area contributed by atoms with Crippen molar-refractivity contribution in [2.75, 3.05) is 14.2 Å². The minimum atomic E-state index is 0.191. The van der Waals surface area contributed by atoms with Crippen molar-refractivity contribution >= 4 is 5.57 Å². The predicted octanol–water partition coefficient (Wildman–Crippen LogP) is 3.45. The van der Waals surface area contributed by atoms with Crippen molar-refractivity contribution in [3.05, 3.63) is 35.4 Å². The van der Waals surface area contributed by atoms with E-state index in [0.717, 1.165) is 25.0 Å². The summed E-state index contributed by atoms with van der Waals surface area (Å²) in [6.45, 7) is 2.34. The van der Waals surface area contributed by atoms with Gasteiger partial charge in [-0.25, -0.2) is 0 Å². The average Bonchev–Trinajstić information content (AvgIpc) is 2.75. The molecule has 0 unspecified atom stereocenters. The summed E-state index contributed by atoms with van der Waals surface area (Å²) in [4.78, 5) is 0. The summed E-state index contributed by atoms with van der Waals surface area (Å²) in [5, 5.41) is 0. The third kappa shape index (κ3) is 1.52. The second-order valence-corrected chi connectivity index (χ2v) is 5.52. The van der Waals surface area contributed by atoms with Gasteiger partial charge in [-0.15, -0.1) is 0 Å². The maximum atomic E-state index is 5.67. The van der Waals surface area contributed by atoms with Gasteiger partial charge < -0.3 is 9.47 Å². The molecular formula is C16H20O2. The minimum absolute atomic E-state index is 0.191. The number of methoxy groups -OCH3 is 2. The van der Waals surface area contributed by atoms with Crippen molar-refractivity contribution < 1.29 is 9.47 Å². The third-order valence-corrected chi connectivity index (χ3v) is 4.66. The van der Waals surface area contributed by atoms with Gasteiger partial charge in [0.1, 0.15) is 5.75 Å². The summed E-state index contributed by atoms with van der Waals surface area (Å²) in [7, 11) is 3.56. The Hall–Kier alpha value is -1.28. The smallest absolute Gasteiger partial charge is 0.119 e. The fraction of sp³-hybridized carbons (Fsp3) is 0.500. The Morgan fingerprint density at radius 2 is 2.11 bits per heavy atom. The molecule has 18 heavy (non-hydrogen) atoms. The van der Waals surface area contributed by atoms with Gasteiger partial charge in [-0.05, 0) is 48.1 Å². The van der Waals surface area contributed by atoms with E-state index in [1.165, 1.54) is 16.7 Å². The zero-order chi connectivity index (χ0) is 12.8. The average molecular weight is 244 g/mol. The zero-order valence-electron chi connectivity index (χ0n) is 11.3. The topological polar surface area (TPSA) is 18.5 Å². The van der Waals surface area contributed by atoms with E-state index >= 15 is 0 Å². The number of aryl methyl sites for hydroxylation is 1. The van der Waals surface area contributed by atoms with Crippen LogP contribution in [-0.4, -0.2) is 20.3 Å². The number of hydrogen-bond donors (Lipinski definition) is 0. The van der Waals surface area contributed by atoms with Gasteiger partial charge in [0.2, 0.25) is 0 Å². The molecule has 0 N–H and O–H groups in total. The molecular weight excluding hydrogens is 224 g/mol. The van der Waals surface area contributed by atoms with Gasteiger partial charge in [-0.2, -0.15) is 0 Å². The van der Waals surface area contributed by atoms with E-state index in [0.29, 0.717) is 6.10 Å². The van der Waals surface area contributed by atoms with Crippen molar-refractivity contribution in [1.29, 1.82) is 0 Å². The lowest BCUT2D eigenvalue weighted by Crippen LogP contribution is -2.34. The lowest BCUT2D eigenvalue weighted by atomic mass is 9.69. The Morgan fingerprint density at radius 3 is 2.83 bits per heavy atom. The standard InChI is InChI=1S/C16H20O2/c1-16-9-8-11-10-12(17-2)4-5-13(11)14(16)6-7-15(16)18-3/h4-6,10,15H,7-9H2,1-3H3/t15-,16-/m1/s1. The number of benzene rings is 1. The van der Waals surface area contributed by atoms with Crippen LogP contribution in [0.1, 0.15) is 30.9 Å². The van der Waals surface area contributed by atoms with Gasteiger partial charge in [-0.1, -0.05) is 19.1 Å². The summed E-state index contributed by atoms with van der Waals surface area (Å²) in [5.41, 5.74) is 4.47. The van der Waals surface area contributed by atoms with Crippen LogP contribution < -0.4 is 4.74 Å². The van der Waals surface area contributed by atoms with Crippen molar-refractivity contribution in [3.8, 4) is 5.75 Å². The molecule has 0 aromatic heterocycles. The molecule has 1 aromatic carbocycles. The number of fused-ring (bicyclic) bond motifs is 3. The van der Waals surface area contributed by atoms with E-state index in [4.69, 9.17) is 9.47 Å². The maximum Gasteiger partial charge on any atom is 0.119 e. The fourth-order valence-electron chi connectivity index (χ4n) is 3.52. The van der Waals surface area contributed by atoms with Crippen molar-refractivity contribution in [3.63, 3.8) is 0 Å². The summed E-state index contributed by atoms with van der Waals surface area (Å²) < 4.78 is 11.0. The van der Waals surface area contributed by atoms with Crippen LogP contribution in [0.3, 0.4) is 0 Å². The molecule has 0 saturated carbocycles. The highest BCUT2D eigenvalue weighted by atomic mass is 16.5. The van der Waals surface area contributed by atoms with E-state index in [1.54, 1.807) is 7.11 Å². The van der Waals surface area contributed by atoms with E-state index in [1.807, 2.05) is 7.11 Å². The molecule has 0 amide bonds. The first-order valence-electron chi connectivity index (χ1n) is 6.60. The number of rotatable bonds is 2. The van der Waals surface area contributed by atoms with Crippen LogP contribution in [0.4, 0.5) is 0 Å². The highest BCUT2D eigenvalue weighted by Crippen LogP contribution is 2.53. The van der Waals surface area contributed by atoms with Crippen LogP contribution in [-0.2, 0) is 11.2 Å². The van der Waals surface area contributed by atoms with Gasteiger partial charge in [0.05, 0.1) is 13.2 Å². The van der Waals surface area contributed by atoms with E-state index in [9.17, 15) is 0 Å². The predicted molar refractivity (Wildman–Crippen MR) is 72.8 cm³/mol. The van der Waals surface area contributed by atoms with Gasteiger partial charge in [0.15, 0.2) is 0 Å². The highest BCUT2D eigenvalue weighted by Gasteiger charge is 2.44. The molecule has 2 aliphatic carbocycles. The molecule has 2 atom stereocenters. The first kappa shape index (κ1) is 11.8. The molecule has 96 valence electrons. The van der Waals surface area contributed by atoms with Crippen LogP contribution in [0.5, 0.6) is 5.75 Å². The lowest BCUT2D eigenvalue weighted by Gasteiger charge is -2.38. The number of ether oxygens (including phenoxy) is 2. The van der Waals surface area contributed by atoms with Crippen LogP contribution in [0.2, 0.25) is 0 Å². The van der Waals surface area contributed by atoms with Crippen LogP contribution in [0.25, 0.3) is 5.57 Å². The highest BCUT2D eigenvalue weighted by molar-refractivity contribution is 5.77. The normalized spacial score (nSPS) is 29.5. The Morgan fingerprint density at radius 1 is 1.28 bits per heavy atom. The summed E-state index contributed by atoms with van der Waals surface area (Å²) in [6.07, 6.45) is 6.01. The molecule has 2 heteroatoms. The Balaban J connectivity index is 2.05.